The first kappa shape index (κ1) is 21.3. The maximum atomic E-state index is 8.58. The molecule has 0 aliphatic rings. The molecule has 0 aliphatic carbocycles. The predicted molar refractivity (Wildman–Crippen MR) is 101 cm³/mol. The Balaban J connectivity index is 3.01. The van der Waals surface area contributed by atoms with Gasteiger partial charge in [0.1, 0.15) is 5.40 Å². The van der Waals surface area contributed by atoms with Crippen LogP contribution in [0.3, 0.4) is 0 Å². The Labute approximate surface area is 139 Å². The Morgan fingerprint density at radius 2 is 1.10 bits per heavy atom. The third kappa shape index (κ3) is 18.2. The Morgan fingerprint density at radius 1 is 0.714 bits per heavy atom. The summed E-state index contributed by atoms with van der Waals surface area (Å²) >= 11 is 1.49. The Morgan fingerprint density at radius 3 is 1.48 bits per heavy atom. The minimum Gasteiger partial charge on any atom is -0.185 e. The largest absolute Gasteiger partial charge is 0.185 e. The molecule has 0 aromatic heterocycles. The number of hydrogen-bond donors (Lipinski definition) is 0. The van der Waals surface area contributed by atoms with Gasteiger partial charge < -0.3 is 0 Å². The third-order valence-electron chi connectivity index (χ3n) is 4.02. The summed E-state index contributed by atoms with van der Waals surface area (Å²) in [5.74, 6) is 0. The van der Waals surface area contributed by atoms with Gasteiger partial charge in [0.2, 0.25) is 0 Å². The first-order valence-electron chi connectivity index (χ1n) is 9.08. The number of rotatable bonds is 16. The molecule has 0 bridgehead atoms. The van der Waals surface area contributed by atoms with E-state index in [4.69, 9.17) is 5.26 Å². The first-order chi connectivity index (χ1) is 10.3. The minimum absolute atomic E-state index is 0.0656. The van der Waals surface area contributed by atoms with Crippen LogP contribution >= 0.6 is 18.5 Å². The van der Waals surface area contributed by atoms with Gasteiger partial charge in [0, 0.05) is 0 Å². The van der Waals surface area contributed by atoms with Crippen LogP contribution in [0.25, 0.3) is 0 Å². The molecule has 3 heteroatoms. The Hall–Kier alpha value is 0.270. The second-order valence-corrected chi connectivity index (χ2v) is 10.6. The highest BCUT2D eigenvalue weighted by Gasteiger charge is 2.00. The lowest BCUT2D eigenvalue weighted by Gasteiger charge is -2.06. The van der Waals surface area contributed by atoms with E-state index in [1.165, 1.54) is 107 Å². The second-order valence-electron chi connectivity index (χ2n) is 6.13. The average Bonchev–Trinajstić information content (AvgIpc) is 2.48. The molecule has 0 spiro atoms. The van der Waals surface area contributed by atoms with Crippen LogP contribution in [0.4, 0.5) is 0 Å². The van der Waals surface area contributed by atoms with Crippen molar-refractivity contribution in [3.05, 3.63) is 0 Å². The summed E-state index contributed by atoms with van der Waals surface area (Å²) in [5, 5.41) is 10.8. The summed E-state index contributed by atoms with van der Waals surface area (Å²) in [4.78, 5) is 0. The van der Waals surface area contributed by atoms with Crippen molar-refractivity contribution in [3.8, 4) is 5.40 Å². The van der Waals surface area contributed by atoms with E-state index in [9.17, 15) is 0 Å². The SMILES string of the molecule is CCCCCCCCCCCCCCCCP(C)SC#N. The predicted octanol–water partition coefficient (Wildman–Crippen LogP) is 7.71. The number of unbranched alkanes of at least 4 members (excludes halogenated alkanes) is 13. The quantitative estimate of drug-likeness (QED) is 0.164. The summed E-state index contributed by atoms with van der Waals surface area (Å²) in [6.45, 7) is 4.51. The number of nitrogens with zero attached hydrogens (tertiary/aromatic N) is 1. The van der Waals surface area contributed by atoms with Crippen molar-refractivity contribution in [1.29, 1.82) is 5.26 Å². The van der Waals surface area contributed by atoms with E-state index in [0.29, 0.717) is 0 Å². The van der Waals surface area contributed by atoms with Crippen LogP contribution < -0.4 is 0 Å². The molecule has 0 N–H and O–H groups in total. The molecule has 0 amide bonds. The fraction of sp³-hybridized carbons (Fsp3) is 0.944. The molecule has 124 valence electrons. The molecule has 0 aromatic rings. The van der Waals surface area contributed by atoms with Gasteiger partial charge in [0.05, 0.1) is 0 Å². The van der Waals surface area contributed by atoms with Gasteiger partial charge in [0.15, 0.2) is 0 Å². The van der Waals surface area contributed by atoms with Crippen molar-refractivity contribution in [2.75, 3.05) is 12.8 Å². The highest BCUT2D eigenvalue weighted by Crippen LogP contribution is 2.45. The fourth-order valence-corrected chi connectivity index (χ4v) is 4.62. The lowest BCUT2D eigenvalue weighted by atomic mass is 10.0. The van der Waals surface area contributed by atoms with Crippen LogP contribution in [-0.2, 0) is 0 Å². The normalized spacial score (nSPS) is 12.2. The summed E-state index contributed by atoms with van der Waals surface area (Å²) in [7, 11) is -0.0656. The number of hydrogen-bond acceptors (Lipinski definition) is 2. The van der Waals surface area contributed by atoms with Crippen molar-refractivity contribution in [2.45, 2.75) is 96.8 Å². The van der Waals surface area contributed by atoms with Crippen LogP contribution in [0.2, 0.25) is 0 Å². The monoisotopic (exact) mass is 329 g/mol. The average molecular weight is 330 g/mol. The summed E-state index contributed by atoms with van der Waals surface area (Å²) in [6, 6.07) is 0. The molecule has 1 atom stereocenters. The first-order valence-corrected chi connectivity index (χ1v) is 12.5. The van der Waals surface area contributed by atoms with Crippen LogP contribution in [-0.4, -0.2) is 12.8 Å². The summed E-state index contributed by atoms with van der Waals surface area (Å²) in [5.41, 5.74) is 0. The van der Waals surface area contributed by atoms with Gasteiger partial charge in [-0.25, -0.2) is 0 Å². The highest BCUT2D eigenvalue weighted by atomic mass is 32.7. The van der Waals surface area contributed by atoms with Crippen molar-refractivity contribution in [3.63, 3.8) is 0 Å². The van der Waals surface area contributed by atoms with Gasteiger partial charge in [-0.15, -0.1) is 0 Å². The van der Waals surface area contributed by atoms with E-state index in [1.54, 1.807) is 0 Å². The van der Waals surface area contributed by atoms with E-state index in [2.05, 4.69) is 19.0 Å². The van der Waals surface area contributed by atoms with E-state index >= 15 is 0 Å². The molecule has 0 rings (SSSR count). The number of nitriles is 1. The molecule has 1 nitrogen and oxygen atoms in total. The molecular formula is C18H36NPS. The van der Waals surface area contributed by atoms with Gasteiger partial charge in [0.25, 0.3) is 0 Å². The summed E-state index contributed by atoms with van der Waals surface area (Å²) < 4.78 is 0. The molecule has 0 aromatic carbocycles. The van der Waals surface area contributed by atoms with Crippen LogP contribution in [0.1, 0.15) is 96.8 Å². The minimum atomic E-state index is -0.0656. The standard InChI is InChI=1S/C18H36NPS/c1-3-4-5-6-7-8-9-10-11-12-13-14-15-16-17-20(2)21-18-19/h3-17H2,1-2H3. The summed E-state index contributed by atoms with van der Waals surface area (Å²) in [6.07, 6.45) is 21.2. The van der Waals surface area contributed by atoms with Crippen LogP contribution in [0, 0.1) is 10.7 Å². The van der Waals surface area contributed by atoms with E-state index < -0.39 is 0 Å². The van der Waals surface area contributed by atoms with Gasteiger partial charge >= 0.3 is 0 Å². The molecule has 0 aliphatic heterocycles. The molecule has 0 saturated heterocycles. The van der Waals surface area contributed by atoms with Gasteiger partial charge in [-0.1, -0.05) is 90.4 Å². The Kier molecular flexibility index (Phi) is 18.6. The third-order valence-corrected chi connectivity index (χ3v) is 7.09. The topological polar surface area (TPSA) is 23.8 Å². The zero-order valence-electron chi connectivity index (χ0n) is 14.4. The molecule has 0 heterocycles. The van der Waals surface area contributed by atoms with Crippen molar-refractivity contribution in [2.24, 2.45) is 0 Å². The lowest BCUT2D eigenvalue weighted by molar-refractivity contribution is 0.538. The maximum absolute atomic E-state index is 8.58. The van der Waals surface area contributed by atoms with Crippen LogP contribution in [0.15, 0.2) is 0 Å². The van der Waals surface area contributed by atoms with Crippen molar-refractivity contribution >= 4 is 18.5 Å². The molecular weight excluding hydrogens is 293 g/mol. The lowest BCUT2D eigenvalue weighted by Crippen LogP contribution is -1.84. The molecule has 1 unspecified atom stereocenters. The zero-order valence-corrected chi connectivity index (χ0v) is 16.1. The van der Waals surface area contributed by atoms with Crippen molar-refractivity contribution < 1.29 is 0 Å². The van der Waals surface area contributed by atoms with E-state index in [0.717, 1.165) is 0 Å². The molecule has 21 heavy (non-hydrogen) atoms. The van der Waals surface area contributed by atoms with Gasteiger partial charge in [-0.2, -0.15) is 5.26 Å². The van der Waals surface area contributed by atoms with E-state index in [-0.39, 0.29) is 7.12 Å². The van der Waals surface area contributed by atoms with Crippen LogP contribution in [0.5, 0.6) is 0 Å². The zero-order chi connectivity index (χ0) is 15.6. The molecule has 0 saturated carbocycles. The molecule has 0 radical (unpaired) electrons. The number of thiocyanates is 1. The van der Waals surface area contributed by atoms with Gasteiger partial charge in [-0.3, -0.25) is 0 Å². The van der Waals surface area contributed by atoms with E-state index in [1.807, 2.05) is 0 Å². The highest BCUT2D eigenvalue weighted by molar-refractivity contribution is 8.57. The molecule has 0 fully saturated rings. The van der Waals surface area contributed by atoms with Crippen molar-refractivity contribution in [1.82, 2.24) is 0 Å². The second kappa shape index (κ2) is 18.3. The smallest absolute Gasteiger partial charge is 0.137 e. The maximum Gasteiger partial charge on any atom is 0.137 e. The Bertz CT molecular complexity index is 240. The van der Waals surface area contributed by atoms with Gasteiger partial charge in [-0.05, 0) is 37.8 Å². The fourth-order valence-electron chi connectivity index (χ4n) is 2.64.